The molecule has 130 valence electrons. The van der Waals surface area contributed by atoms with Gasteiger partial charge in [-0.15, -0.1) is 0 Å². The number of rotatable bonds is 10. The third-order valence-corrected chi connectivity index (χ3v) is 3.29. The molecule has 2 aromatic rings. The predicted molar refractivity (Wildman–Crippen MR) is 92.0 cm³/mol. The molecule has 0 unspecified atom stereocenters. The molecule has 1 aromatic heterocycles. The third-order valence-electron chi connectivity index (χ3n) is 3.11. The first-order valence-corrected chi connectivity index (χ1v) is 7.95. The minimum atomic E-state index is 0. The van der Waals surface area contributed by atoms with Gasteiger partial charge >= 0.3 is 154 Å². The van der Waals surface area contributed by atoms with Crippen molar-refractivity contribution in [2.75, 3.05) is 19.8 Å². The number of hydrogen-bond acceptors (Lipinski definition) is 5. The van der Waals surface area contributed by atoms with Crippen LogP contribution in [0.1, 0.15) is 23.2 Å². The van der Waals surface area contributed by atoms with Gasteiger partial charge < -0.3 is 18.5 Å². The van der Waals surface area contributed by atoms with E-state index in [-0.39, 0.29) is 165 Å². The minimum Gasteiger partial charge on any atom is -1.00 e. The third kappa shape index (κ3) is 15.1. The summed E-state index contributed by atoms with van der Waals surface area (Å²) >= 11 is 5.72. The molecule has 0 fully saturated rings. The SMILES string of the molecule is C[C@@H](CCOCCOc1cncc(Cl)n1)OCc1ccccc1.[H-].[H-].[H-].[K+].[K+].[K+]. The molecule has 1 atom stereocenters. The molecule has 0 aliphatic rings. The number of benzene rings is 1. The van der Waals surface area contributed by atoms with E-state index in [2.05, 4.69) is 22.1 Å². The Kier molecular flexibility index (Phi) is 24.3. The fraction of sp³-hybridized carbons (Fsp3) is 0.412. The number of aromatic nitrogens is 2. The summed E-state index contributed by atoms with van der Waals surface area (Å²) in [7, 11) is 0. The van der Waals surface area contributed by atoms with Crippen LogP contribution in [-0.4, -0.2) is 35.9 Å². The maximum atomic E-state index is 5.77. The second-order valence-electron chi connectivity index (χ2n) is 5.04. The molecule has 0 N–H and O–H groups in total. The Morgan fingerprint density at radius 3 is 2.46 bits per heavy atom. The molecule has 26 heavy (non-hydrogen) atoms. The van der Waals surface area contributed by atoms with E-state index < -0.39 is 0 Å². The van der Waals surface area contributed by atoms with Crippen LogP contribution in [0.2, 0.25) is 5.15 Å². The van der Waals surface area contributed by atoms with Gasteiger partial charge in [0.25, 0.3) is 0 Å². The van der Waals surface area contributed by atoms with E-state index in [1.165, 1.54) is 18.0 Å². The van der Waals surface area contributed by atoms with E-state index in [4.69, 9.17) is 25.8 Å². The van der Waals surface area contributed by atoms with Gasteiger partial charge in [-0.1, -0.05) is 41.9 Å². The standard InChI is InChI=1S/C17H21ClN2O3.3K.3H/c1-14(23-13-15-5-3-2-4-6-15)7-8-21-9-10-22-17-12-19-11-16(18)20-17;;;;;;/h2-6,11-12,14H,7-10,13H2,1H3;;;;;;/q;3*+1;3*-1/t14-;;;;;;/m0....../s1. The fourth-order valence-electron chi connectivity index (χ4n) is 1.85. The molecule has 0 aliphatic carbocycles. The number of halogens is 1. The van der Waals surface area contributed by atoms with Gasteiger partial charge in [0, 0.05) is 6.61 Å². The van der Waals surface area contributed by atoms with Crippen molar-refractivity contribution < 1.29 is 173 Å². The Hall–Kier alpha value is 3.22. The zero-order valence-electron chi connectivity index (χ0n) is 19.2. The normalized spacial score (nSPS) is 10.7. The van der Waals surface area contributed by atoms with E-state index in [1.54, 1.807) is 0 Å². The van der Waals surface area contributed by atoms with Crippen LogP contribution in [0.3, 0.4) is 0 Å². The minimum absolute atomic E-state index is 0. The van der Waals surface area contributed by atoms with E-state index in [0.29, 0.717) is 37.5 Å². The van der Waals surface area contributed by atoms with Gasteiger partial charge in [-0.25, -0.2) is 0 Å². The van der Waals surface area contributed by atoms with Crippen LogP contribution in [0.15, 0.2) is 42.7 Å². The van der Waals surface area contributed by atoms with Crippen molar-refractivity contribution in [1.82, 2.24) is 9.97 Å². The summed E-state index contributed by atoms with van der Waals surface area (Å²) < 4.78 is 16.7. The van der Waals surface area contributed by atoms with E-state index in [1.807, 2.05) is 25.1 Å². The summed E-state index contributed by atoms with van der Waals surface area (Å²) in [6, 6.07) is 10.1. The van der Waals surface area contributed by atoms with Crippen molar-refractivity contribution in [2.24, 2.45) is 0 Å². The Morgan fingerprint density at radius 1 is 1.04 bits per heavy atom. The number of hydrogen-bond donors (Lipinski definition) is 0. The van der Waals surface area contributed by atoms with Crippen molar-refractivity contribution in [3.05, 3.63) is 53.4 Å². The van der Waals surface area contributed by atoms with Crippen LogP contribution in [-0.2, 0) is 16.1 Å². The van der Waals surface area contributed by atoms with Crippen molar-refractivity contribution in [2.45, 2.75) is 26.1 Å². The summed E-state index contributed by atoms with van der Waals surface area (Å²) in [6.45, 7) is 4.19. The van der Waals surface area contributed by atoms with Gasteiger partial charge in [0.2, 0.25) is 5.88 Å². The molecule has 0 radical (unpaired) electrons. The Balaban J connectivity index is -0.000000320. The van der Waals surface area contributed by atoms with Gasteiger partial charge in [-0.3, -0.25) is 4.98 Å². The monoisotopic (exact) mass is 456 g/mol. The molecule has 1 heterocycles. The Morgan fingerprint density at radius 2 is 1.77 bits per heavy atom. The Labute approximate surface area is 292 Å². The van der Waals surface area contributed by atoms with Crippen LogP contribution in [0.5, 0.6) is 5.88 Å². The van der Waals surface area contributed by atoms with Crippen molar-refractivity contribution in [3.63, 3.8) is 0 Å². The van der Waals surface area contributed by atoms with Crippen LogP contribution in [0.4, 0.5) is 0 Å². The average molecular weight is 457 g/mol. The molecule has 0 bridgehead atoms. The van der Waals surface area contributed by atoms with Gasteiger partial charge in [0.15, 0.2) is 5.15 Å². The number of nitrogens with zero attached hydrogens (tertiary/aromatic N) is 2. The Bertz CT molecular complexity index is 596. The molecule has 0 saturated heterocycles. The van der Waals surface area contributed by atoms with Crippen LogP contribution in [0, 0.1) is 0 Å². The van der Waals surface area contributed by atoms with E-state index in [0.717, 1.165) is 6.42 Å². The molecular formula is C17H24ClK3N2O3. The van der Waals surface area contributed by atoms with Gasteiger partial charge in [-0.2, -0.15) is 4.98 Å². The predicted octanol–water partition coefficient (Wildman–Crippen LogP) is -5.13. The van der Waals surface area contributed by atoms with Crippen LogP contribution in [0.25, 0.3) is 0 Å². The van der Waals surface area contributed by atoms with Crippen molar-refractivity contribution >= 4 is 11.6 Å². The molecule has 0 saturated carbocycles. The number of ether oxygens (including phenoxy) is 3. The van der Waals surface area contributed by atoms with Gasteiger partial charge in [0.1, 0.15) is 6.61 Å². The quantitative estimate of drug-likeness (QED) is 0.264. The smallest absolute Gasteiger partial charge is 1.00 e. The molecule has 9 heteroatoms. The topological polar surface area (TPSA) is 53.5 Å². The average Bonchev–Trinajstić information content (AvgIpc) is 2.57. The first kappa shape index (κ1) is 31.4. The molecule has 0 aliphatic heterocycles. The molecule has 0 spiro atoms. The van der Waals surface area contributed by atoms with E-state index in [9.17, 15) is 0 Å². The molecule has 5 nitrogen and oxygen atoms in total. The molecular weight excluding hydrogens is 433 g/mol. The van der Waals surface area contributed by atoms with Crippen molar-refractivity contribution in [1.29, 1.82) is 0 Å². The second kappa shape index (κ2) is 20.1. The zero-order valence-corrected chi connectivity index (χ0v) is 26.3. The maximum absolute atomic E-state index is 5.77. The maximum Gasteiger partial charge on any atom is 1.00 e. The largest absolute Gasteiger partial charge is 1.00 e. The second-order valence-corrected chi connectivity index (χ2v) is 5.42. The first-order valence-electron chi connectivity index (χ1n) is 7.57. The van der Waals surface area contributed by atoms with Crippen molar-refractivity contribution in [3.8, 4) is 5.88 Å². The zero-order chi connectivity index (χ0) is 16.3. The van der Waals surface area contributed by atoms with Gasteiger partial charge in [0.05, 0.1) is 31.7 Å². The van der Waals surface area contributed by atoms with Crippen LogP contribution >= 0.6 is 11.6 Å². The van der Waals surface area contributed by atoms with E-state index >= 15 is 0 Å². The molecule has 1 aromatic carbocycles. The summed E-state index contributed by atoms with van der Waals surface area (Å²) in [6.07, 6.45) is 3.96. The summed E-state index contributed by atoms with van der Waals surface area (Å²) in [4.78, 5) is 7.87. The fourth-order valence-corrected chi connectivity index (χ4v) is 1.99. The summed E-state index contributed by atoms with van der Waals surface area (Å²) in [5, 5.41) is 0.313. The summed E-state index contributed by atoms with van der Waals surface area (Å²) in [5.41, 5.74) is 1.18. The summed E-state index contributed by atoms with van der Waals surface area (Å²) in [5.74, 6) is 0.403. The first-order chi connectivity index (χ1) is 11.2. The van der Waals surface area contributed by atoms with Gasteiger partial charge in [-0.05, 0) is 18.9 Å². The molecule has 0 amide bonds. The van der Waals surface area contributed by atoms with Crippen LogP contribution < -0.4 is 159 Å². The molecule has 2 rings (SSSR count).